The van der Waals surface area contributed by atoms with Crippen LogP contribution in [-0.4, -0.2) is 41.4 Å². The van der Waals surface area contributed by atoms with Crippen molar-refractivity contribution in [1.82, 2.24) is 14.8 Å². The molecule has 2 aliphatic carbocycles. The number of carbonyl (C=O) groups excluding carboxylic acids is 2. The summed E-state index contributed by atoms with van der Waals surface area (Å²) in [4.78, 5) is 40.6. The minimum Gasteiger partial charge on any atom is -0.355 e. The lowest BCUT2D eigenvalue weighted by Gasteiger charge is -2.41. The Hall–Kier alpha value is -2.11. The lowest BCUT2D eigenvalue weighted by Crippen LogP contribution is -2.46. The molecule has 29 heavy (non-hydrogen) atoms. The summed E-state index contributed by atoms with van der Waals surface area (Å²) >= 11 is 0. The van der Waals surface area contributed by atoms with Crippen molar-refractivity contribution in [3.63, 3.8) is 0 Å². The van der Waals surface area contributed by atoms with Crippen LogP contribution in [0.3, 0.4) is 0 Å². The molecule has 6 heteroatoms. The SMILES string of the molecule is CNC(=O)c1cn(C2CCCCC2)cc(C(=O)N2CC[C@@H]3CCCC[C@H]3C2)c1=O. The van der Waals surface area contributed by atoms with Crippen molar-refractivity contribution < 1.29 is 9.59 Å². The first-order valence-corrected chi connectivity index (χ1v) is 11.4. The van der Waals surface area contributed by atoms with Gasteiger partial charge in [0, 0.05) is 38.6 Å². The predicted molar refractivity (Wildman–Crippen MR) is 112 cm³/mol. The van der Waals surface area contributed by atoms with Gasteiger partial charge in [0.25, 0.3) is 11.8 Å². The first-order valence-electron chi connectivity index (χ1n) is 11.4. The van der Waals surface area contributed by atoms with E-state index < -0.39 is 11.3 Å². The highest BCUT2D eigenvalue weighted by molar-refractivity contribution is 5.99. The quantitative estimate of drug-likeness (QED) is 0.847. The molecule has 158 valence electrons. The smallest absolute Gasteiger partial charge is 0.259 e. The fourth-order valence-corrected chi connectivity index (χ4v) is 5.59. The Morgan fingerprint density at radius 1 is 0.897 bits per heavy atom. The van der Waals surface area contributed by atoms with Crippen LogP contribution >= 0.6 is 0 Å². The molecular weight excluding hydrogens is 366 g/mol. The Bertz CT molecular complexity index is 825. The Morgan fingerprint density at radius 3 is 2.28 bits per heavy atom. The molecule has 0 aromatic carbocycles. The fourth-order valence-electron chi connectivity index (χ4n) is 5.59. The van der Waals surface area contributed by atoms with Gasteiger partial charge in [-0.2, -0.15) is 0 Å². The van der Waals surface area contributed by atoms with E-state index in [9.17, 15) is 14.4 Å². The third-order valence-electron chi connectivity index (χ3n) is 7.32. The second-order valence-electron chi connectivity index (χ2n) is 9.08. The zero-order valence-corrected chi connectivity index (χ0v) is 17.5. The number of carbonyl (C=O) groups is 2. The van der Waals surface area contributed by atoms with E-state index in [-0.39, 0.29) is 23.1 Å². The van der Waals surface area contributed by atoms with E-state index in [4.69, 9.17) is 0 Å². The van der Waals surface area contributed by atoms with Gasteiger partial charge in [0.05, 0.1) is 0 Å². The Kier molecular flexibility index (Phi) is 6.07. The molecule has 1 N–H and O–H groups in total. The van der Waals surface area contributed by atoms with Crippen molar-refractivity contribution in [3.8, 4) is 0 Å². The third-order valence-corrected chi connectivity index (χ3v) is 7.32. The largest absolute Gasteiger partial charge is 0.355 e. The average molecular weight is 400 g/mol. The number of nitrogens with zero attached hydrogens (tertiary/aromatic N) is 2. The van der Waals surface area contributed by atoms with E-state index >= 15 is 0 Å². The minimum atomic E-state index is -0.438. The Balaban J connectivity index is 1.65. The van der Waals surface area contributed by atoms with Crippen molar-refractivity contribution in [2.24, 2.45) is 11.8 Å². The normalized spacial score (nSPS) is 25.3. The first kappa shape index (κ1) is 20.2. The van der Waals surface area contributed by atoms with Crippen molar-refractivity contribution in [3.05, 3.63) is 33.7 Å². The van der Waals surface area contributed by atoms with Crippen LogP contribution in [0.1, 0.15) is 91.0 Å². The zero-order valence-electron chi connectivity index (χ0n) is 17.5. The van der Waals surface area contributed by atoms with Crippen molar-refractivity contribution in [1.29, 1.82) is 0 Å². The lowest BCUT2D eigenvalue weighted by molar-refractivity contribution is 0.0518. The van der Waals surface area contributed by atoms with Crippen LogP contribution in [-0.2, 0) is 0 Å². The number of aromatic nitrogens is 1. The van der Waals surface area contributed by atoms with Gasteiger partial charge in [0.15, 0.2) is 0 Å². The predicted octanol–water partition coefficient (Wildman–Crippen LogP) is 3.37. The van der Waals surface area contributed by atoms with Gasteiger partial charge < -0.3 is 14.8 Å². The molecule has 1 saturated heterocycles. The highest BCUT2D eigenvalue weighted by Gasteiger charge is 2.34. The maximum Gasteiger partial charge on any atom is 0.259 e. The summed E-state index contributed by atoms with van der Waals surface area (Å²) in [7, 11) is 1.52. The number of amides is 2. The summed E-state index contributed by atoms with van der Waals surface area (Å²) in [6.45, 7) is 1.46. The van der Waals surface area contributed by atoms with Crippen LogP contribution < -0.4 is 10.7 Å². The number of hydrogen-bond donors (Lipinski definition) is 1. The molecule has 3 fully saturated rings. The Morgan fingerprint density at radius 2 is 1.55 bits per heavy atom. The highest BCUT2D eigenvalue weighted by Crippen LogP contribution is 2.36. The van der Waals surface area contributed by atoms with Crippen LogP contribution in [0.4, 0.5) is 0 Å². The van der Waals surface area contributed by atoms with Crippen LogP contribution in [0.25, 0.3) is 0 Å². The molecule has 1 aliphatic heterocycles. The maximum atomic E-state index is 13.4. The van der Waals surface area contributed by atoms with E-state index in [0.717, 1.165) is 44.6 Å². The number of rotatable bonds is 3. The molecular formula is C23H33N3O3. The minimum absolute atomic E-state index is 0.0801. The van der Waals surface area contributed by atoms with Crippen molar-refractivity contribution >= 4 is 11.8 Å². The van der Waals surface area contributed by atoms with Crippen LogP contribution in [0.15, 0.2) is 17.2 Å². The zero-order chi connectivity index (χ0) is 20.4. The fraction of sp³-hybridized carbons (Fsp3) is 0.696. The van der Waals surface area contributed by atoms with Gasteiger partial charge in [-0.05, 0) is 37.5 Å². The molecule has 0 bridgehead atoms. The topological polar surface area (TPSA) is 71.4 Å². The first-order chi connectivity index (χ1) is 14.1. The molecule has 2 amide bonds. The van der Waals surface area contributed by atoms with Gasteiger partial charge in [0.2, 0.25) is 5.43 Å². The summed E-state index contributed by atoms with van der Waals surface area (Å²) in [5, 5.41) is 2.56. The monoisotopic (exact) mass is 399 g/mol. The summed E-state index contributed by atoms with van der Waals surface area (Å²) in [5.41, 5.74) is -0.199. The van der Waals surface area contributed by atoms with Crippen LogP contribution in [0.2, 0.25) is 0 Å². The summed E-state index contributed by atoms with van der Waals surface area (Å²) in [6, 6.07) is 0.253. The van der Waals surface area contributed by atoms with E-state index in [1.165, 1.54) is 39.2 Å². The number of nitrogens with one attached hydrogen (secondary N) is 1. The van der Waals surface area contributed by atoms with Gasteiger partial charge in [-0.3, -0.25) is 14.4 Å². The number of piperidine rings is 1. The van der Waals surface area contributed by atoms with E-state index in [2.05, 4.69) is 5.32 Å². The molecule has 1 aromatic rings. The van der Waals surface area contributed by atoms with Crippen molar-refractivity contribution in [2.75, 3.05) is 20.1 Å². The Labute approximate surface area is 172 Å². The second kappa shape index (κ2) is 8.72. The molecule has 2 atom stereocenters. The van der Waals surface area contributed by atoms with Gasteiger partial charge >= 0.3 is 0 Å². The van der Waals surface area contributed by atoms with Crippen LogP contribution in [0, 0.1) is 11.8 Å². The maximum absolute atomic E-state index is 13.4. The number of pyridine rings is 1. The second-order valence-corrected chi connectivity index (χ2v) is 9.08. The van der Waals surface area contributed by atoms with E-state index in [1.54, 1.807) is 12.4 Å². The van der Waals surface area contributed by atoms with E-state index in [0.29, 0.717) is 12.5 Å². The molecule has 0 spiro atoms. The standard InChI is InChI=1S/C23H33N3O3/c1-24-22(28)19-14-26(18-9-3-2-4-10-18)15-20(21(19)27)23(29)25-12-11-16-7-5-6-8-17(16)13-25/h14-18H,2-13H2,1H3,(H,24,28)/t16-,17-/m0/s1. The lowest BCUT2D eigenvalue weighted by atomic mass is 9.75. The molecule has 2 saturated carbocycles. The molecule has 2 heterocycles. The van der Waals surface area contributed by atoms with Crippen LogP contribution in [0.5, 0.6) is 0 Å². The summed E-state index contributed by atoms with van der Waals surface area (Å²) in [5.74, 6) is 0.669. The number of fused-ring (bicyclic) bond motifs is 1. The molecule has 6 nitrogen and oxygen atoms in total. The van der Waals surface area contributed by atoms with Gasteiger partial charge in [-0.15, -0.1) is 0 Å². The molecule has 0 radical (unpaired) electrons. The van der Waals surface area contributed by atoms with E-state index in [1.807, 2.05) is 9.47 Å². The van der Waals surface area contributed by atoms with Gasteiger partial charge in [-0.1, -0.05) is 38.5 Å². The molecule has 0 unspecified atom stereocenters. The summed E-state index contributed by atoms with van der Waals surface area (Å²) in [6.07, 6.45) is 15.0. The third kappa shape index (κ3) is 4.12. The average Bonchev–Trinajstić information content (AvgIpc) is 2.78. The van der Waals surface area contributed by atoms with Crippen molar-refractivity contribution in [2.45, 2.75) is 70.3 Å². The number of likely N-dealkylation sites (tertiary alicyclic amines) is 1. The molecule has 3 aliphatic rings. The molecule has 4 rings (SSSR count). The highest BCUT2D eigenvalue weighted by atomic mass is 16.2. The number of hydrogen-bond acceptors (Lipinski definition) is 3. The van der Waals surface area contributed by atoms with Gasteiger partial charge in [-0.25, -0.2) is 0 Å². The van der Waals surface area contributed by atoms with Gasteiger partial charge in [0.1, 0.15) is 11.1 Å². The molecule has 1 aromatic heterocycles. The summed E-state index contributed by atoms with van der Waals surface area (Å²) < 4.78 is 1.96.